The number of rotatable bonds is 8. The highest BCUT2D eigenvalue weighted by molar-refractivity contribution is 7.92. The Hall–Kier alpha value is -3.03. The van der Waals surface area contributed by atoms with Crippen LogP contribution in [0, 0.1) is 6.92 Å². The largest absolute Gasteiger partial charge is 0.492 e. The number of nitrogens with one attached hydrogen (secondary N) is 1. The summed E-state index contributed by atoms with van der Waals surface area (Å²) in [4.78, 5) is 12.9. The molecule has 162 valence electrons. The minimum absolute atomic E-state index is 0.0764. The Morgan fingerprint density at radius 1 is 1.03 bits per heavy atom. The SMILES string of the molecule is CCOc1ccccc1N(CC(=O)Nc1ccc(C)c(Cl)c1)S(=O)(=O)c1ccccc1. The molecule has 8 heteroatoms. The summed E-state index contributed by atoms with van der Waals surface area (Å²) < 4.78 is 33.6. The second kappa shape index (κ2) is 9.85. The Bertz CT molecular complexity index is 1170. The first-order chi connectivity index (χ1) is 14.8. The van der Waals surface area contributed by atoms with Crippen LogP contribution >= 0.6 is 11.6 Å². The number of carbonyl (C=O) groups excluding carboxylic acids is 1. The fourth-order valence-electron chi connectivity index (χ4n) is 2.96. The van der Waals surface area contributed by atoms with E-state index in [0.717, 1.165) is 9.87 Å². The summed E-state index contributed by atoms with van der Waals surface area (Å²) in [7, 11) is -4.03. The van der Waals surface area contributed by atoms with Crippen LogP contribution in [0.25, 0.3) is 0 Å². The molecule has 0 radical (unpaired) electrons. The molecule has 0 aromatic heterocycles. The lowest BCUT2D eigenvalue weighted by Crippen LogP contribution is -2.38. The van der Waals surface area contributed by atoms with Crippen LogP contribution < -0.4 is 14.4 Å². The second-order valence-corrected chi connectivity index (χ2v) is 9.01. The molecule has 0 aliphatic rings. The molecule has 1 N–H and O–H groups in total. The number of para-hydroxylation sites is 2. The molecule has 0 aliphatic carbocycles. The predicted molar refractivity (Wildman–Crippen MR) is 123 cm³/mol. The molecular formula is C23H23ClN2O4S. The summed E-state index contributed by atoms with van der Waals surface area (Å²) >= 11 is 6.13. The molecule has 0 spiro atoms. The molecule has 0 fully saturated rings. The number of nitrogens with zero attached hydrogens (tertiary/aromatic N) is 1. The zero-order valence-electron chi connectivity index (χ0n) is 17.2. The lowest BCUT2D eigenvalue weighted by Gasteiger charge is -2.26. The lowest BCUT2D eigenvalue weighted by molar-refractivity contribution is -0.114. The van der Waals surface area contributed by atoms with Gasteiger partial charge in [-0.25, -0.2) is 8.42 Å². The Balaban J connectivity index is 1.98. The van der Waals surface area contributed by atoms with Crippen molar-refractivity contribution in [1.82, 2.24) is 0 Å². The van der Waals surface area contributed by atoms with Crippen LogP contribution in [0.2, 0.25) is 5.02 Å². The highest BCUT2D eigenvalue weighted by Gasteiger charge is 2.29. The van der Waals surface area contributed by atoms with E-state index in [2.05, 4.69) is 5.32 Å². The van der Waals surface area contributed by atoms with E-state index in [1.807, 2.05) is 6.92 Å². The minimum Gasteiger partial charge on any atom is -0.492 e. The van der Waals surface area contributed by atoms with E-state index in [-0.39, 0.29) is 10.6 Å². The average molecular weight is 459 g/mol. The van der Waals surface area contributed by atoms with Gasteiger partial charge in [-0.15, -0.1) is 0 Å². The van der Waals surface area contributed by atoms with Crippen molar-refractivity contribution in [2.24, 2.45) is 0 Å². The van der Waals surface area contributed by atoms with E-state index in [0.29, 0.717) is 23.1 Å². The molecule has 0 heterocycles. The van der Waals surface area contributed by atoms with E-state index in [1.54, 1.807) is 67.6 Å². The van der Waals surface area contributed by atoms with Crippen LogP contribution in [0.1, 0.15) is 12.5 Å². The van der Waals surface area contributed by atoms with Crippen LogP contribution in [0.3, 0.4) is 0 Å². The molecule has 0 saturated carbocycles. The van der Waals surface area contributed by atoms with Gasteiger partial charge < -0.3 is 10.1 Å². The standard InChI is InChI=1S/C23H23ClN2O4S/c1-3-30-22-12-8-7-11-21(22)26(31(28,29)19-9-5-4-6-10-19)16-23(27)25-18-14-13-17(2)20(24)15-18/h4-15H,3,16H2,1-2H3,(H,25,27). The Kier molecular flexibility index (Phi) is 7.20. The van der Waals surface area contributed by atoms with Gasteiger partial charge in [0.15, 0.2) is 0 Å². The van der Waals surface area contributed by atoms with E-state index < -0.39 is 22.5 Å². The third-order valence-corrected chi connectivity index (χ3v) is 6.69. The van der Waals surface area contributed by atoms with Gasteiger partial charge in [0, 0.05) is 10.7 Å². The molecule has 6 nitrogen and oxygen atoms in total. The number of anilines is 2. The zero-order chi connectivity index (χ0) is 22.4. The van der Waals surface area contributed by atoms with Crippen molar-refractivity contribution >= 4 is 38.9 Å². The van der Waals surface area contributed by atoms with E-state index in [1.165, 1.54) is 12.1 Å². The summed E-state index contributed by atoms with van der Waals surface area (Å²) in [6, 6.07) is 19.8. The van der Waals surface area contributed by atoms with Gasteiger partial charge in [-0.05, 0) is 55.8 Å². The number of hydrogen-bond acceptors (Lipinski definition) is 4. The van der Waals surface area contributed by atoms with Crippen LogP contribution in [-0.4, -0.2) is 27.5 Å². The smallest absolute Gasteiger partial charge is 0.264 e. The van der Waals surface area contributed by atoms with E-state index in [9.17, 15) is 13.2 Å². The van der Waals surface area contributed by atoms with Crippen molar-refractivity contribution in [2.45, 2.75) is 18.7 Å². The summed E-state index contributed by atoms with van der Waals surface area (Å²) in [5.41, 5.74) is 1.64. The second-order valence-electron chi connectivity index (χ2n) is 6.74. The molecule has 0 aliphatic heterocycles. The molecule has 0 atom stereocenters. The maximum Gasteiger partial charge on any atom is 0.264 e. The lowest BCUT2D eigenvalue weighted by atomic mass is 10.2. The monoisotopic (exact) mass is 458 g/mol. The van der Waals surface area contributed by atoms with E-state index in [4.69, 9.17) is 16.3 Å². The van der Waals surface area contributed by atoms with Crippen molar-refractivity contribution in [2.75, 3.05) is 22.8 Å². The average Bonchev–Trinajstić information content (AvgIpc) is 2.76. The van der Waals surface area contributed by atoms with Gasteiger partial charge in [0.2, 0.25) is 5.91 Å². The molecule has 0 unspecified atom stereocenters. The third kappa shape index (κ3) is 5.37. The Morgan fingerprint density at radius 2 is 1.71 bits per heavy atom. The number of ether oxygens (including phenoxy) is 1. The molecule has 3 rings (SSSR count). The first-order valence-electron chi connectivity index (χ1n) is 9.68. The van der Waals surface area contributed by atoms with Gasteiger partial charge in [-0.1, -0.05) is 48.0 Å². The number of benzene rings is 3. The molecule has 0 bridgehead atoms. The van der Waals surface area contributed by atoms with Crippen molar-refractivity contribution in [3.63, 3.8) is 0 Å². The van der Waals surface area contributed by atoms with Gasteiger partial charge in [0.25, 0.3) is 10.0 Å². The van der Waals surface area contributed by atoms with Crippen LogP contribution in [-0.2, 0) is 14.8 Å². The zero-order valence-corrected chi connectivity index (χ0v) is 18.8. The third-order valence-electron chi connectivity index (χ3n) is 4.51. The first-order valence-corrected chi connectivity index (χ1v) is 11.5. The van der Waals surface area contributed by atoms with Crippen LogP contribution in [0.5, 0.6) is 5.75 Å². The fraction of sp³-hybridized carbons (Fsp3) is 0.174. The number of carbonyl (C=O) groups is 1. The van der Waals surface area contributed by atoms with Crippen LogP contribution in [0.4, 0.5) is 11.4 Å². The predicted octanol–water partition coefficient (Wildman–Crippen LogP) is 4.88. The normalized spacial score (nSPS) is 11.1. The van der Waals surface area contributed by atoms with Gasteiger partial charge in [0.1, 0.15) is 12.3 Å². The molecule has 31 heavy (non-hydrogen) atoms. The van der Waals surface area contributed by atoms with Crippen molar-refractivity contribution in [3.8, 4) is 5.75 Å². The number of amides is 1. The van der Waals surface area contributed by atoms with Crippen molar-refractivity contribution < 1.29 is 17.9 Å². The quantitative estimate of drug-likeness (QED) is 0.522. The fourth-order valence-corrected chi connectivity index (χ4v) is 4.59. The number of sulfonamides is 1. The Morgan fingerprint density at radius 3 is 2.39 bits per heavy atom. The van der Waals surface area contributed by atoms with Crippen molar-refractivity contribution in [1.29, 1.82) is 0 Å². The topological polar surface area (TPSA) is 75.7 Å². The maximum atomic E-state index is 13.4. The highest BCUT2D eigenvalue weighted by atomic mass is 35.5. The van der Waals surface area contributed by atoms with Gasteiger partial charge in [0.05, 0.1) is 17.2 Å². The van der Waals surface area contributed by atoms with Gasteiger partial charge in [-0.2, -0.15) is 0 Å². The highest BCUT2D eigenvalue weighted by Crippen LogP contribution is 2.32. The molecule has 0 saturated heterocycles. The molecule has 3 aromatic carbocycles. The first kappa shape index (κ1) is 22.7. The van der Waals surface area contributed by atoms with Crippen LogP contribution in [0.15, 0.2) is 77.7 Å². The summed E-state index contributed by atoms with van der Waals surface area (Å²) in [5.74, 6) is -0.138. The Labute approximate surface area is 187 Å². The van der Waals surface area contributed by atoms with Crippen molar-refractivity contribution in [3.05, 3.63) is 83.4 Å². The minimum atomic E-state index is -4.03. The number of hydrogen-bond donors (Lipinski definition) is 1. The summed E-state index contributed by atoms with van der Waals surface area (Å²) in [6.07, 6.45) is 0. The van der Waals surface area contributed by atoms with Gasteiger partial charge >= 0.3 is 0 Å². The maximum absolute atomic E-state index is 13.4. The molecular weight excluding hydrogens is 436 g/mol. The number of aryl methyl sites for hydroxylation is 1. The number of halogens is 1. The molecule has 1 amide bonds. The summed E-state index contributed by atoms with van der Waals surface area (Å²) in [5, 5.41) is 3.22. The van der Waals surface area contributed by atoms with Gasteiger partial charge in [-0.3, -0.25) is 9.10 Å². The molecule has 3 aromatic rings. The van der Waals surface area contributed by atoms with E-state index >= 15 is 0 Å². The summed E-state index contributed by atoms with van der Waals surface area (Å²) in [6.45, 7) is 3.57.